The number of benzene rings is 1. The largest absolute Gasteiger partial charge is 0.463 e. The average Bonchev–Trinajstić information content (AvgIpc) is 3.30. The van der Waals surface area contributed by atoms with E-state index in [0.29, 0.717) is 17.7 Å². The molecule has 3 aromatic heterocycles. The quantitative estimate of drug-likeness (QED) is 0.450. The molecule has 0 aliphatic carbocycles. The van der Waals surface area contributed by atoms with E-state index in [9.17, 15) is 4.79 Å². The van der Waals surface area contributed by atoms with Gasteiger partial charge in [0.2, 0.25) is 0 Å². The first kappa shape index (κ1) is 22.0. The molecule has 7 nitrogen and oxygen atoms in total. The summed E-state index contributed by atoms with van der Waals surface area (Å²) in [7, 11) is 0. The van der Waals surface area contributed by atoms with Crippen molar-refractivity contribution >= 4 is 46.0 Å². The summed E-state index contributed by atoms with van der Waals surface area (Å²) in [5.74, 6) is 0.963. The Balaban J connectivity index is 0.00000245. The minimum Gasteiger partial charge on any atom is -0.463 e. The number of pyridine rings is 2. The lowest BCUT2D eigenvalue weighted by molar-refractivity contribution is 0.0951. The summed E-state index contributed by atoms with van der Waals surface area (Å²) in [4.78, 5) is 26.1. The summed E-state index contributed by atoms with van der Waals surface area (Å²) >= 11 is 0. The van der Waals surface area contributed by atoms with E-state index in [-0.39, 0.29) is 18.3 Å². The van der Waals surface area contributed by atoms with Crippen molar-refractivity contribution < 1.29 is 9.21 Å². The number of hydrogen-bond acceptors (Lipinski definition) is 6. The van der Waals surface area contributed by atoms with Crippen LogP contribution in [-0.4, -0.2) is 60.0 Å². The molecule has 1 aliphatic heterocycles. The smallest absolute Gasteiger partial charge is 0.252 e. The summed E-state index contributed by atoms with van der Waals surface area (Å²) in [5, 5.41) is 5.42. The molecule has 1 fully saturated rings. The van der Waals surface area contributed by atoms with Crippen molar-refractivity contribution in [2.45, 2.75) is 6.42 Å². The Morgan fingerprint density at radius 3 is 2.78 bits per heavy atom. The molecule has 0 unspecified atom stereocenters. The van der Waals surface area contributed by atoms with E-state index in [0.717, 1.165) is 50.5 Å². The van der Waals surface area contributed by atoms with Crippen LogP contribution < -0.4 is 10.2 Å². The van der Waals surface area contributed by atoms with Gasteiger partial charge in [-0.3, -0.25) is 14.7 Å². The average molecular weight is 452 g/mol. The zero-order chi connectivity index (χ0) is 21.0. The van der Waals surface area contributed by atoms with Gasteiger partial charge < -0.3 is 14.6 Å². The highest BCUT2D eigenvalue weighted by molar-refractivity contribution is 5.96. The zero-order valence-electron chi connectivity index (χ0n) is 17.7. The molecular formula is C24H26ClN5O2. The molecule has 0 spiro atoms. The zero-order valence-corrected chi connectivity index (χ0v) is 18.6. The SMILES string of the molecule is Cl.O=C(NCCCN1CCN(c2nccc3ccccc23)CC1)c1cnc2ccoc2c1. The Hall–Kier alpha value is -3.16. The molecular weight excluding hydrogens is 426 g/mol. The molecule has 1 N–H and O–H groups in total. The predicted octanol–water partition coefficient (Wildman–Crippen LogP) is 3.74. The lowest BCUT2D eigenvalue weighted by Gasteiger charge is -2.35. The first-order valence-corrected chi connectivity index (χ1v) is 10.7. The first-order valence-electron chi connectivity index (χ1n) is 10.7. The van der Waals surface area contributed by atoms with Crippen LogP contribution in [0.4, 0.5) is 5.82 Å². The molecule has 32 heavy (non-hydrogen) atoms. The van der Waals surface area contributed by atoms with Crippen molar-refractivity contribution in [1.29, 1.82) is 0 Å². The number of amides is 1. The molecule has 1 aliphatic rings. The molecule has 166 valence electrons. The topological polar surface area (TPSA) is 74.5 Å². The van der Waals surface area contributed by atoms with Crippen molar-refractivity contribution in [1.82, 2.24) is 20.2 Å². The molecule has 8 heteroatoms. The number of halogens is 1. The standard InChI is InChI=1S/C24H25N5O2.ClH/c30-24(19-16-22-21(27-17-19)7-15-31-22)26-8-3-10-28-11-13-29(14-12-28)23-20-5-2-1-4-18(20)6-9-25-23;/h1-2,4-7,9,15-17H,3,8,10-14H2,(H,26,30);1H. The number of furan rings is 1. The van der Waals surface area contributed by atoms with Gasteiger partial charge in [-0.1, -0.05) is 24.3 Å². The number of piperazine rings is 1. The van der Waals surface area contributed by atoms with Crippen molar-refractivity contribution in [3.63, 3.8) is 0 Å². The van der Waals surface area contributed by atoms with Crippen LogP contribution in [0.15, 0.2) is 65.5 Å². The molecule has 0 saturated carbocycles. The Bertz CT molecular complexity index is 1200. The second kappa shape index (κ2) is 9.97. The van der Waals surface area contributed by atoms with Gasteiger partial charge in [-0.25, -0.2) is 4.98 Å². The molecule has 1 aromatic carbocycles. The van der Waals surface area contributed by atoms with E-state index in [4.69, 9.17) is 4.42 Å². The summed E-state index contributed by atoms with van der Waals surface area (Å²) in [6.45, 7) is 5.52. The van der Waals surface area contributed by atoms with E-state index in [1.165, 1.54) is 10.8 Å². The van der Waals surface area contributed by atoms with E-state index in [1.54, 1.807) is 24.6 Å². The summed E-state index contributed by atoms with van der Waals surface area (Å²) < 4.78 is 5.32. The number of aromatic nitrogens is 2. The number of rotatable bonds is 6. The lowest BCUT2D eigenvalue weighted by atomic mass is 10.1. The third kappa shape index (κ3) is 4.69. The maximum atomic E-state index is 12.3. The van der Waals surface area contributed by atoms with Gasteiger partial charge in [0.25, 0.3) is 5.91 Å². The number of hydrogen-bond donors (Lipinski definition) is 1. The van der Waals surface area contributed by atoms with Gasteiger partial charge in [0.1, 0.15) is 11.3 Å². The second-order valence-corrected chi connectivity index (χ2v) is 7.82. The van der Waals surface area contributed by atoms with Gasteiger partial charge in [0.05, 0.1) is 11.8 Å². The summed E-state index contributed by atoms with van der Waals surface area (Å²) in [5.41, 5.74) is 1.92. The molecule has 0 atom stereocenters. The van der Waals surface area contributed by atoms with Crippen molar-refractivity contribution in [2.75, 3.05) is 44.2 Å². The fraction of sp³-hybridized carbons (Fsp3) is 0.292. The normalized spacial score (nSPS) is 14.4. The van der Waals surface area contributed by atoms with Gasteiger partial charge in [-0.2, -0.15) is 0 Å². The van der Waals surface area contributed by atoms with Crippen LogP contribution in [0.3, 0.4) is 0 Å². The van der Waals surface area contributed by atoms with Gasteiger partial charge in [-0.05, 0) is 30.5 Å². The van der Waals surface area contributed by atoms with E-state index in [1.807, 2.05) is 6.20 Å². The molecule has 1 saturated heterocycles. The number of nitrogens with zero attached hydrogens (tertiary/aromatic N) is 4. The fourth-order valence-electron chi connectivity index (χ4n) is 4.12. The van der Waals surface area contributed by atoms with Crippen molar-refractivity contribution in [3.05, 3.63) is 66.7 Å². The highest BCUT2D eigenvalue weighted by Crippen LogP contribution is 2.25. The van der Waals surface area contributed by atoms with Gasteiger partial charge in [0.15, 0.2) is 5.58 Å². The number of nitrogens with one attached hydrogen (secondary N) is 1. The minimum atomic E-state index is -0.113. The maximum absolute atomic E-state index is 12.3. The highest BCUT2D eigenvalue weighted by atomic mass is 35.5. The van der Waals surface area contributed by atoms with Crippen LogP contribution in [0.25, 0.3) is 21.9 Å². The minimum absolute atomic E-state index is 0. The second-order valence-electron chi connectivity index (χ2n) is 7.82. The predicted molar refractivity (Wildman–Crippen MR) is 129 cm³/mol. The number of carbonyl (C=O) groups excluding carboxylic acids is 1. The third-order valence-electron chi connectivity index (χ3n) is 5.83. The lowest BCUT2D eigenvalue weighted by Crippen LogP contribution is -2.47. The fourth-order valence-corrected chi connectivity index (χ4v) is 4.12. The Labute approximate surface area is 192 Å². The van der Waals surface area contributed by atoms with E-state index in [2.05, 4.69) is 55.4 Å². The van der Waals surface area contributed by atoms with E-state index < -0.39 is 0 Å². The van der Waals surface area contributed by atoms with Crippen LogP contribution in [0.5, 0.6) is 0 Å². The van der Waals surface area contributed by atoms with E-state index >= 15 is 0 Å². The van der Waals surface area contributed by atoms with Crippen LogP contribution in [0.1, 0.15) is 16.8 Å². The number of anilines is 1. The Morgan fingerprint density at radius 2 is 1.91 bits per heavy atom. The Morgan fingerprint density at radius 1 is 1.06 bits per heavy atom. The number of fused-ring (bicyclic) bond motifs is 2. The summed E-state index contributed by atoms with van der Waals surface area (Å²) in [6, 6.07) is 14.0. The van der Waals surface area contributed by atoms with Crippen LogP contribution in [0.2, 0.25) is 0 Å². The molecule has 4 heterocycles. The molecule has 0 bridgehead atoms. The molecule has 5 rings (SSSR count). The van der Waals surface area contributed by atoms with Gasteiger partial charge in [0, 0.05) is 56.6 Å². The summed E-state index contributed by atoms with van der Waals surface area (Å²) in [6.07, 6.45) is 5.98. The first-order chi connectivity index (χ1) is 15.3. The number of carbonyl (C=O) groups is 1. The molecule has 1 amide bonds. The molecule has 4 aromatic rings. The maximum Gasteiger partial charge on any atom is 0.252 e. The van der Waals surface area contributed by atoms with Gasteiger partial charge in [-0.15, -0.1) is 12.4 Å². The van der Waals surface area contributed by atoms with Crippen LogP contribution >= 0.6 is 12.4 Å². The van der Waals surface area contributed by atoms with Crippen molar-refractivity contribution in [2.24, 2.45) is 0 Å². The monoisotopic (exact) mass is 451 g/mol. The van der Waals surface area contributed by atoms with Crippen molar-refractivity contribution in [3.8, 4) is 0 Å². The van der Waals surface area contributed by atoms with Gasteiger partial charge >= 0.3 is 0 Å². The third-order valence-corrected chi connectivity index (χ3v) is 5.83. The Kier molecular flexibility index (Phi) is 6.87. The van der Waals surface area contributed by atoms with Crippen LogP contribution in [-0.2, 0) is 0 Å². The molecule has 0 radical (unpaired) electrons. The van der Waals surface area contributed by atoms with Crippen LogP contribution in [0, 0.1) is 0 Å². The highest BCUT2D eigenvalue weighted by Gasteiger charge is 2.19.